The first-order valence-corrected chi connectivity index (χ1v) is 12.7. The summed E-state index contributed by atoms with van der Waals surface area (Å²) in [5, 5.41) is 10.9. The summed E-state index contributed by atoms with van der Waals surface area (Å²) in [7, 11) is 0. The van der Waals surface area contributed by atoms with E-state index < -0.39 is 11.3 Å². The van der Waals surface area contributed by atoms with Gasteiger partial charge in [0.2, 0.25) is 17.7 Å². The van der Waals surface area contributed by atoms with Crippen LogP contribution in [-0.2, 0) is 9.59 Å². The van der Waals surface area contributed by atoms with Gasteiger partial charge in [0.25, 0.3) is 5.91 Å². The van der Waals surface area contributed by atoms with Crippen LogP contribution in [0, 0.1) is 29.1 Å². The maximum Gasteiger partial charge on any atom is 0.258 e. The first kappa shape index (κ1) is 25.3. The van der Waals surface area contributed by atoms with Crippen LogP contribution >= 0.6 is 0 Å². The Morgan fingerprint density at radius 2 is 1.91 bits per heavy atom. The highest BCUT2D eigenvalue weighted by atomic mass is 16.5. The Balaban J connectivity index is 1.53. The molecule has 1 heterocycles. The Bertz CT molecular complexity index is 1010. The number of carbonyl (C=O) groups excluding carboxylic acids is 3. The number of amides is 3. The molecule has 3 amide bonds. The molecule has 5 rings (SSSR count). The van der Waals surface area contributed by atoms with Crippen molar-refractivity contribution in [2.45, 2.75) is 78.3 Å². The number of rotatable bonds is 9. The minimum Gasteiger partial charge on any atom is -0.477 e. The van der Waals surface area contributed by atoms with Crippen molar-refractivity contribution in [2.24, 2.45) is 34.8 Å². The lowest BCUT2D eigenvalue weighted by Crippen LogP contribution is -2.66. The molecule has 9 heteroatoms. The molecular formula is C26H39N5O4. The maximum absolute atomic E-state index is 13.5. The van der Waals surface area contributed by atoms with Gasteiger partial charge in [-0.2, -0.15) is 5.10 Å². The Hall–Kier alpha value is -2.84. The highest BCUT2D eigenvalue weighted by Crippen LogP contribution is 2.55. The molecule has 9 nitrogen and oxygen atoms in total. The maximum atomic E-state index is 13.5. The molecule has 2 unspecified atom stereocenters. The zero-order chi connectivity index (χ0) is 25.5. The van der Waals surface area contributed by atoms with E-state index in [4.69, 9.17) is 10.5 Å². The normalized spacial score (nSPS) is 29.5. The number of aromatic nitrogens is 2. The summed E-state index contributed by atoms with van der Waals surface area (Å²) in [6.45, 7) is 9.52. The highest BCUT2D eigenvalue weighted by molar-refractivity contribution is 5.96. The molecule has 192 valence electrons. The predicted octanol–water partition coefficient (Wildman–Crippen LogP) is 2.71. The van der Waals surface area contributed by atoms with E-state index in [9.17, 15) is 14.4 Å². The van der Waals surface area contributed by atoms with Gasteiger partial charge >= 0.3 is 0 Å². The lowest BCUT2D eigenvalue weighted by Gasteiger charge is -2.60. The number of nitrogens with two attached hydrogens (primary N) is 1. The molecule has 35 heavy (non-hydrogen) atoms. The summed E-state index contributed by atoms with van der Waals surface area (Å²) < 4.78 is 7.50. The van der Waals surface area contributed by atoms with E-state index in [0.29, 0.717) is 35.8 Å². The van der Waals surface area contributed by atoms with Crippen LogP contribution in [0.25, 0.3) is 6.20 Å². The zero-order valence-corrected chi connectivity index (χ0v) is 21.5. The van der Waals surface area contributed by atoms with Gasteiger partial charge in [-0.1, -0.05) is 19.9 Å². The zero-order valence-electron chi connectivity index (χ0n) is 21.5. The van der Waals surface area contributed by atoms with Crippen molar-refractivity contribution in [3.8, 4) is 5.88 Å². The lowest BCUT2D eigenvalue weighted by atomic mass is 9.51. The largest absolute Gasteiger partial charge is 0.477 e. The Kier molecular flexibility index (Phi) is 6.72. The van der Waals surface area contributed by atoms with E-state index in [0.717, 1.165) is 32.1 Å². The molecule has 0 saturated heterocycles. The molecule has 0 aromatic carbocycles. The predicted molar refractivity (Wildman–Crippen MR) is 132 cm³/mol. The van der Waals surface area contributed by atoms with Crippen molar-refractivity contribution < 1.29 is 19.1 Å². The van der Waals surface area contributed by atoms with Gasteiger partial charge in [0.05, 0.1) is 18.2 Å². The molecule has 4 bridgehead atoms. The van der Waals surface area contributed by atoms with Gasteiger partial charge in [-0.25, -0.2) is 4.68 Å². The topological polar surface area (TPSA) is 128 Å². The van der Waals surface area contributed by atoms with Crippen molar-refractivity contribution in [2.75, 3.05) is 6.61 Å². The number of nitrogens with one attached hydrogen (secondary N) is 2. The van der Waals surface area contributed by atoms with E-state index in [-0.39, 0.29) is 29.3 Å². The molecule has 4 aliphatic carbocycles. The van der Waals surface area contributed by atoms with Crippen LogP contribution in [0.4, 0.5) is 0 Å². The van der Waals surface area contributed by atoms with Gasteiger partial charge in [-0.15, -0.1) is 0 Å². The van der Waals surface area contributed by atoms with Crippen molar-refractivity contribution in [3.05, 3.63) is 17.8 Å². The molecular weight excluding hydrogens is 446 g/mol. The van der Waals surface area contributed by atoms with E-state index in [1.165, 1.54) is 10.9 Å². The number of hydrogen-bond acceptors (Lipinski definition) is 5. The van der Waals surface area contributed by atoms with Crippen LogP contribution in [0.5, 0.6) is 5.88 Å². The number of nitrogens with zero attached hydrogens (tertiary/aromatic N) is 2. The van der Waals surface area contributed by atoms with E-state index in [1.807, 2.05) is 13.8 Å². The Morgan fingerprint density at radius 3 is 2.49 bits per heavy atom. The SMILES string of the molecule is CC(=O)NC12CC3CC(C1)C(NC(=O)c1cnn(/C=C/C(C)(C)C(N)=O)c1OCC(C)C)C(C3)C2. The molecule has 4 fully saturated rings. The summed E-state index contributed by atoms with van der Waals surface area (Å²) in [5.41, 5.74) is 4.88. The van der Waals surface area contributed by atoms with Crippen LogP contribution in [0.2, 0.25) is 0 Å². The second-order valence-corrected chi connectivity index (χ2v) is 11.8. The average molecular weight is 486 g/mol. The third kappa shape index (κ3) is 5.23. The summed E-state index contributed by atoms with van der Waals surface area (Å²) in [5.74, 6) is 1.29. The standard InChI is InChI=1S/C26H39N5O4/c1-15(2)14-35-23-20(13-28-31(23)7-6-25(4,5)24(27)34)22(33)29-21-18-8-17-9-19(21)12-26(10-17,11-18)30-16(3)32/h6-7,13,15,17-19,21H,8-12,14H2,1-5H3,(H2,27,34)(H,29,33)(H,30,32)/b7-6+. The summed E-state index contributed by atoms with van der Waals surface area (Å²) in [6, 6.07) is 0.0755. The monoisotopic (exact) mass is 485 g/mol. The third-order valence-corrected chi connectivity index (χ3v) is 7.83. The number of ether oxygens (including phenoxy) is 1. The van der Waals surface area contributed by atoms with Gasteiger partial charge in [0.15, 0.2) is 0 Å². The van der Waals surface area contributed by atoms with Crippen LogP contribution in [0.3, 0.4) is 0 Å². The first-order chi connectivity index (χ1) is 16.4. The van der Waals surface area contributed by atoms with Gasteiger partial charge in [-0.05, 0) is 69.6 Å². The second kappa shape index (κ2) is 9.32. The molecule has 0 radical (unpaired) electrons. The molecule has 4 saturated carbocycles. The van der Waals surface area contributed by atoms with Crippen LogP contribution < -0.4 is 21.1 Å². The number of carbonyl (C=O) groups is 3. The Morgan fingerprint density at radius 1 is 1.26 bits per heavy atom. The number of primary amides is 1. The summed E-state index contributed by atoms with van der Waals surface area (Å²) in [4.78, 5) is 37.0. The fourth-order valence-electron chi connectivity index (χ4n) is 6.36. The molecule has 0 aliphatic heterocycles. The first-order valence-electron chi connectivity index (χ1n) is 12.7. The molecule has 4 aliphatic rings. The van der Waals surface area contributed by atoms with Crippen molar-refractivity contribution in [1.82, 2.24) is 20.4 Å². The van der Waals surface area contributed by atoms with Crippen LogP contribution in [0.1, 0.15) is 77.1 Å². The molecule has 0 spiro atoms. The minimum absolute atomic E-state index is 0.0273. The van der Waals surface area contributed by atoms with E-state index in [1.54, 1.807) is 33.0 Å². The third-order valence-electron chi connectivity index (χ3n) is 7.83. The minimum atomic E-state index is -0.867. The average Bonchev–Trinajstić information content (AvgIpc) is 3.14. The van der Waals surface area contributed by atoms with Crippen molar-refractivity contribution >= 4 is 23.9 Å². The quantitative estimate of drug-likeness (QED) is 0.495. The number of hydrogen-bond donors (Lipinski definition) is 3. The van der Waals surface area contributed by atoms with Gasteiger partial charge in [0, 0.05) is 24.7 Å². The molecule has 2 atom stereocenters. The van der Waals surface area contributed by atoms with Gasteiger partial charge in [0.1, 0.15) is 5.56 Å². The second-order valence-electron chi connectivity index (χ2n) is 11.8. The molecule has 1 aromatic heterocycles. The molecule has 4 N–H and O–H groups in total. The van der Waals surface area contributed by atoms with Crippen LogP contribution in [0.15, 0.2) is 12.3 Å². The van der Waals surface area contributed by atoms with Crippen molar-refractivity contribution in [1.29, 1.82) is 0 Å². The van der Waals surface area contributed by atoms with Gasteiger partial charge < -0.3 is 21.1 Å². The highest BCUT2D eigenvalue weighted by Gasteiger charge is 2.56. The lowest BCUT2D eigenvalue weighted by molar-refractivity contribution is -0.126. The van der Waals surface area contributed by atoms with Crippen molar-refractivity contribution in [3.63, 3.8) is 0 Å². The summed E-state index contributed by atoms with van der Waals surface area (Å²) in [6.07, 6.45) is 9.84. The molecule has 1 aromatic rings. The fraction of sp³-hybridized carbons (Fsp3) is 0.692. The fourth-order valence-corrected chi connectivity index (χ4v) is 6.36. The van der Waals surface area contributed by atoms with Gasteiger partial charge in [-0.3, -0.25) is 14.4 Å². The van der Waals surface area contributed by atoms with Crippen LogP contribution in [-0.4, -0.2) is 45.7 Å². The van der Waals surface area contributed by atoms with E-state index >= 15 is 0 Å². The summed E-state index contributed by atoms with van der Waals surface area (Å²) >= 11 is 0. The van der Waals surface area contributed by atoms with E-state index in [2.05, 4.69) is 15.7 Å². The Labute approximate surface area is 207 Å². The smallest absolute Gasteiger partial charge is 0.258 e.